The molecule has 120 valence electrons. The Morgan fingerprint density at radius 2 is 2.23 bits per heavy atom. The van der Waals surface area contributed by atoms with Crippen molar-refractivity contribution in [3.8, 4) is 10.8 Å². The number of amides is 1. The van der Waals surface area contributed by atoms with Gasteiger partial charge in [0.15, 0.2) is 10.8 Å². The van der Waals surface area contributed by atoms with Gasteiger partial charge in [-0.25, -0.2) is 0 Å². The van der Waals surface area contributed by atoms with Crippen LogP contribution in [0.25, 0.3) is 10.8 Å². The molecule has 0 atom stereocenters. The van der Waals surface area contributed by atoms with Crippen molar-refractivity contribution in [1.82, 2.24) is 15.5 Å². The number of nitrogens with zero attached hydrogens (tertiary/aromatic N) is 2. The van der Waals surface area contributed by atoms with Gasteiger partial charge < -0.3 is 15.1 Å². The normalized spacial score (nSPS) is 15.3. The molecule has 0 unspecified atom stereocenters. The van der Waals surface area contributed by atoms with Crippen LogP contribution in [0.2, 0.25) is 0 Å². The molecule has 0 bridgehead atoms. The highest BCUT2D eigenvalue weighted by atomic mass is 35.5. The number of nitrogens with one attached hydrogen (secondary N) is 2. The highest BCUT2D eigenvalue weighted by Gasteiger charge is 2.16. The van der Waals surface area contributed by atoms with Gasteiger partial charge in [-0.2, -0.15) is 0 Å². The average molecular weight is 343 g/mol. The summed E-state index contributed by atoms with van der Waals surface area (Å²) in [6.07, 6.45) is 5.40. The fraction of sp³-hybridized carbons (Fsp3) is 0.500. The number of hydrogen-bond donors (Lipinski definition) is 2. The highest BCUT2D eigenvalue weighted by Crippen LogP contribution is 2.26. The maximum Gasteiger partial charge on any atom is 0.226 e. The molecule has 0 aliphatic carbocycles. The highest BCUT2D eigenvalue weighted by molar-refractivity contribution is 7.18. The van der Waals surface area contributed by atoms with Crippen molar-refractivity contribution in [3.05, 3.63) is 18.4 Å². The summed E-state index contributed by atoms with van der Waals surface area (Å²) in [4.78, 5) is 11.9. The van der Waals surface area contributed by atoms with Crippen LogP contribution in [-0.2, 0) is 4.79 Å². The first-order valence-electron chi connectivity index (χ1n) is 7.19. The lowest BCUT2D eigenvalue weighted by Gasteiger charge is -2.21. The lowest BCUT2D eigenvalue weighted by molar-refractivity contribution is -0.116. The van der Waals surface area contributed by atoms with Crippen molar-refractivity contribution in [2.24, 2.45) is 5.92 Å². The monoisotopic (exact) mass is 342 g/mol. The van der Waals surface area contributed by atoms with Crippen LogP contribution in [0.3, 0.4) is 0 Å². The van der Waals surface area contributed by atoms with E-state index in [2.05, 4.69) is 20.8 Å². The molecule has 0 saturated carbocycles. The average Bonchev–Trinajstić information content (AvgIpc) is 3.17. The van der Waals surface area contributed by atoms with E-state index in [-0.39, 0.29) is 18.3 Å². The topological polar surface area (TPSA) is 80.0 Å². The van der Waals surface area contributed by atoms with Crippen LogP contribution in [-0.4, -0.2) is 29.2 Å². The Morgan fingerprint density at radius 1 is 1.41 bits per heavy atom. The molecule has 6 nitrogen and oxygen atoms in total. The van der Waals surface area contributed by atoms with Crippen molar-refractivity contribution in [3.63, 3.8) is 0 Å². The van der Waals surface area contributed by atoms with Crippen LogP contribution in [0.4, 0.5) is 5.13 Å². The summed E-state index contributed by atoms with van der Waals surface area (Å²) in [6, 6.07) is 3.62. The third kappa shape index (κ3) is 4.53. The molecule has 2 aromatic rings. The Morgan fingerprint density at radius 3 is 2.95 bits per heavy atom. The molecule has 2 aromatic heterocycles. The van der Waals surface area contributed by atoms with Crippen molar-refractivity contribution < 1.29 is 9.21 Å². The molecule has 22 heavy (non-hydrogen) atoms. The Balaban J connectivity index is 0.00000176. The molecule has 0 spiro atoms. The van der Waals surface area contributed by atoms with Gasteiger partial charge in [0.1, 0.15) is 0 Å². The molecule has 1 fully saturated rings. The van der Waals surface area contributed by atoms with E-state index < -0.39 is 0 Å². The minimum atomic E-state index is 0. The molecule has 8 heteroatoms. The van der Waals surface area contributed by atoms with E-state index in [4.69, 9.17) is 4.42 Å². The number of anilines is 1. The van der Waals surface area contributed by atoms with E-state index >= 15 is 0 Å². The van der Waals surface area contributed by atoms with Crippen molar-refractivity contribution in [1.29, 1.82) is 0 Å². The fourth-order valence-corrected chi connectivity index (χ4v) is 3.19. The van der Waals surface area contributed by atoms with Gasteiger partial charge in [0.05, 0.1) is 6.26 Å². The summed E-state index contributed by atoms with van der Waals surface area (Å²) >= 11 is 1.32. The third-order valence-electron chi connectivity index (χ3n) is 3.64. The molecule has 2 N–H and O–H groups in total. The van der Waals surface area contributed by atoms with Gasteiger partial charge in [0.2, 0.25) is 11.0 Å². The van der Waals surface area contributed by atoms with E-state index in [0.29, 0.717) is 28.2 Å². The second-order valence-electron chi connectivity index (χ2n) is 5.17. The fourth-order valence-electron chi connectivity index (χ4n) is 2.46. The quantitative estimate of drug-likeness (QED) is 0.873. The van der Waals surface area contributed by atoms with Crippen LogP contribution in [0.1, 0.15) is 25.7 Å². The Bertz CT molecular complexity index is 581. The Kier molecular flexibility index (Phi) is 6.35. The van der Waals surface area contributed by atoms with E-state index in [0.717, 1.165) is 32.4 Å². The van der Waals surface area contributed by atoms with Gasteiger partial charge in [-0.05, 0) is 50.4 Å². The molecule has 1 saturated heterocycles. The molecule has 0 radical (unpaired) electrons. The van der Waals surface area contributed by atoms with Gasteiger partial charge in [-0.1, -0.05) is 11.3 Å². The molecular weight excluding hydrogens is 324 g/mol. The minimum Gasteiger partial charge on any atom is -0.462 e. The van der Waals surface area contributed by atoms with Gasteiger partial charge in [0, 0.05) is 6.42 Å². The zero-order valence-electron chi connectivity index (χ0n) is 12.1. The largest absolute Gasteiger partial charge is 0.462 e. The third-order valence-corrected chi connectivity index (χ3v) is 4.49. The summed E-state index contributed by atoms with van der Waals surface area (Å²) in [5, 5.41) is 15.3. The number of aromatic nitrogens is 2. The van der Waals surface area contributed by atoms with Gasteiger partial charge in [-0.3, -0.25) is 4.79 Å². The van der Waals surface area contributed by atoms with Crippen molar-refractivity contribution in [2.45, 2.75) is 25.7 Å². The van der Waals surface area contributed by atoms with Gasteiger partial charge in [0.25, 0.3) is 0 Å². The summed E-state index contributed by atoms with van der Waals surface area (Å²) in [6.45, 7) is 2.13. The molecule has 1 aliphatic rings. The second-order valence-corrected chi connectivity index (χ2v) is 6.15. The van der Waals surface area contributed by atoms with Crippen molar-refractivity contribution in [2.75, 3.05) is 18.4 Å². The minimum absolute atomic E-state index is 0. The van der Waals surface area contributed by atoms with Crippen LogP contribution in [0.5, 0.6) is 0 Å². The van der Waals surface area contributed by atoms with Crippen LogP contribution in [0, 0.1) is 5.92 Å². The first-order chi connectivity index (χ1) is 10.3. The molecule has 1 amide bonds. The van der Waals surface area contributed by atoms with Crippen LogP contribution < -0.4 is 10.6 Å². The number of carbonyl (C=O) groups excluding carboxylic acids is 1. The summed E-state index contributed by atoms with van der Waals surface area (Å²) in [5.41, 5.74) is 0. The summed E-state index contributed by atoms with van der Waals surface area (Å²) < 4.78 is 5.25. The van der Waals surface area contributed by atoms with Crippen LogP contribution >= 0.6 is 23.7 Å². The second kappa shape index (κ2) is 8.26. The van der Waals surface area contributed by atoms with Gasteiger partial charge >= 0.3 is 0 Å². The SMILES string of the molecule is Cl.O=C(CCC1CCNCC1)Nc1nnc(-c2ccco2)s1. The predicted octanol–water partition coefficient (Wildman–Crippen LogP) is 2.94. The molecule has 1 aliphatic heterocycles. The number of hydrogen-bond acceptors (Lipinski definition) is 6. The zero-order valence-corrected chi connectivity index (χ0v) is 13.7. The first kappa shape index (κ1) is 16.9. The number of piperidine rings is 1. The van der Waals surface area contributed by atoms with Gasteiger partial charge in [-0.15, -0.1) is 22.6 Å². The van der Waals surface area contributed by atoms with E-state index in [1.54, 1.807) is 12.3 Å². The Labute approximate surface area is 139 Å². The maximum absolute atomic E-state index is 11.9. The number of carbonyl (C=O) groups is 1. The van der Waals surface area contributed by atoms with Crippen molar-refractivity contribution >= 4 is 34.8 Å². The lowest BCUT2D eigenvalue weighted by atomic mass is 9.93. The predicted molar refractivity (Wildman–Crippen MR) is 88.3 cm³/mol. The van der Waals surface area contributed by atoms with E-state index in [1.807, 2.05) is 6.07 Å². The number of furan rings is 1. The molecular formula is C14H19ClN4O2S. The number of halogens is 1. The Hall–Kier alpha value is -1.44. The maximum atomic E-state index is 11.9. The summed E-state index contributed by atoms with van der Waals surface area (Å²) in [7, 11) is 0. The standard InChI is InChI=1S/C14H18N4O2S.ClH/c19-12(4-3-10-5-7-15-8-6-10)16-14-18-17-13(21-14)11-2-1-9-20-11;/h1-2,9-10,15H,3-8H2,(H,16,18,19);1H. The number of rotatable bonds is 5. The molecule has 3 heterocycles. The van der Waals surface area contributed by atoms with E-state index in [1.165, 1.54) is 11.3 Å². The summed E-state index contributed by atoms with van der Waals surface area (Å²) in [5.74, 6) is 1.34. The smallest absolute Gasteiger partial charge is 0.226 e. The molecule has 3 rings (SSSR count). The first-order valence-corrected chi connectivity index (χ1v) is 8.01. The molecule has 0 aromatic carbocycles. The lowest BCUT2D eigenvalue weighted by Crippen LogP contribution is -2.28. The van der Waals surface area contributed by atoms with Crippen LogP contribution in [0.15, 0.2) is 22.8 Å². The van der Waals surface area contributed by atoms with E-state index in [9.17, 15) is 4.79 Å². The zero-order chi connectivity index (χ0) is 14.5.